The first-order chi connectivity index (χ1) is 13.9. The molecule has 1 N–H and O–H groups in total. The fraction of sp³-hybridized carbons (Fsp3) is 0.136. The molecule has 0 saturated carbocycles. The van der Waals surface area contributed by atoms with Gasteiger partial charge in [0.05, 0.1) is 0 Å². The van der Waals surface area contributed by atoms with E-state index in [1.165, 1.54) is 12.1 Å². The van der Waals surface area contributed by atoms with Gasteiger partial charge in [0.1, 0.15) is 11.5 Å². The van der Waals surface area contributed by atoms with Crippen molar-refractivity contribution in [2.45, 2.75) is 12.8 Å². The number of alkyl halides is 3. The smallest absolute Gasteiger partial charge is 0.483 e. The topological polar surface area (TPSA) is 47.6 Å². The van der Waals surface area contributed by atoms with Gasteiger partial charge in [0.2, 0.25) is 0 Å². The van der Waals surface area contributed by atoms with E-state index in [0.717, 1.165) is 23.3 Å². The van der Waals surface area contributed by atoms with Crippen LogP contribution < -0.4 is 14.8 Å². The van der Waals surface area contributed by atoms with Crippen LogP contribution in [0.2, 0.25) is 0 Å². The Balaban J connectivity index is 1.56. The van der Waals surface area contributed by atoms with Gasteiger partial charge in [0.15, 0.2) is 6.61 Å². The number of carbonyl (C=O) groups excluding carboxylic acids is 1. The van der Waals surface area contributed by atoms with Crippen molar-refractivity contribution < 1.29 is 27.4 Å². The Morgan fingerprint density at radius 2 is 1.52 bits per heavy atom. The summed E-state index contributed by atoms with van der Waals surface area (Å²) >= 11 is 0. The van der Waals surface area contributed by atoms with Crippen LogP contribution in [0.1, 0.15) is 11.1 Å². The first-order valence-electron chi connectivity index (χ1n) is 8.79. The highest BCUT2D eigenvalue weighted by atomic mass is 19.4. The number of ether oxygens (including phenoxy) is 2. The number of anilines is 1. The molecule has 0 aliphatic heterocycles. The first kappa shape index (κ1) is 20.3. The van der Waals surface area contributed by atoms with Gasteiger partial charge in [-0.15, -0.1) is 13.2 Å². The molecule has 0 fully saturated rings. The van der Waals surface area contributed by atoms with Crippen molar-refractivity contribution >= 4 is 11.6 Å². The minimum absolute atomic E-state index is 0.230. The predicted molar refractivity (Wildman–Crippen MR) is 103 cm³/mol. The molecule has 0 unspecified atom stereocenters. The lowest BCUT2D eigenvalue weighted by Gasteiger charge is -2.12. The molecule has 0 spiro atoms. The fourth-order valence-electron chi connectivity index (χ4n) is 2.69. The molecule has 0 aliphatic rings. The average molecular weight is 401 g/mol. The number of nitrogens with one attached hydrogen (secondary N) is 1. The van der Waals surface area contributed by atoms with E-state index in [0.29, 0.717) is 17.9 Å². The van der Waals surface area contributed by atoms with Crippen molar-refractivity contribution in [3.8, 4) is 11.5 Å². The normalized spacial score (nSPS) is 11.0. The minimum Gasteiger partial charge on any atom is -0.483 e. The molecule has 29 heavy (non-hydrogen) atoms. The molecule has 7 heteroatoms. The number of hydrogen-bond donors (Lipinski definition) is 1. The lowest BCUT2D eigenvalue weighted by atomic mass is 10.0. The van der Waals surface area contributed by atoms with Gasteiger partial charge in [-0.25, -0.2) is 0 Å². The molecule has 3 aromatic carbocycles. The summed E-state index contributed by atoms with van der Waals surface area (Å²) < 4.78 is 46.0. The Morgan fingerprint density at radius 1 is 0.862 bits per heavy atom. The lowest BCUT2D eigenvalue weighted by molar-refractivity contribution is -0.274. The number of halogens is 3. The average Bonchev–Trinajstić information content (AvgIpc) is 2.68. The number of amides is 1. The Kier molecular flexibility index (Phi) is 6.39. The van der Waals surface area contributed by atoms with E-state index < -0.39 is 12.3 Å². The standard InChI is InChI=1S/C22H18F3NO3/c23-22(24,25)29-19-12-10-18(11-13-19)26-21(27)15-28-20-9-5-4-8-17(20)14-16-6-2-1-3-7-16/h1-13H,14-15H2,(H,26,27). The van der Waals surface area contributed by atoms with Crippen molar-refractivity contribution in [1.82, 2.24) is 0 Å². The van der Waals surface area contributed by atoms with Crippen molar-refractivity contribution in [2.24, 2.45) is 0 Å². The van der Waals surface area contributed by atoms with Gasteiger partial charge < -0.3 is 14.8 Å². The van der Waals surface area contributed by atoms with E-state index in [4.69, 9.17) is 4.74 Å². The molecule has 1 amide bonds. The van der Waals surface area contributed by atoms with E-state index in [1.54, 1.807) is 6.07 Å². The highest BCUT2D eigenvalue weighted by Gasteiger charge is 2.30. The van der Waals surface area contributed by atoms with Gasteiger partial charge in [0.25, 0.3) is 5.91 Å². The summed E-state index contributed by atoms with van der Waals surface area (Å²) in [4.78, 5) is 12.1. The van der Waals surface area contributed by atoms with E-state index in [-0.39, 0.29) is 12.4 Å². The summed E-state index contributed by atoms with van der Waals surface area (Å²) in [7, 11) is 0. The second-order valence-electron chi connectivity index (χ2n) is 6.18. The van der Waals surface area contributed by atoms with Crippen molar-refractivity contribution in [3.63, 3.8) is 0 Å². The SMILES string of the molecule is O=C(COc1ccccc1Cc1ccccc1)Nc1ccc(OC(F)(F)F)cc1. The molecule has 0 aromatic heterocycles. The molecule has 0 heterocycles. The summed E-state index contributed by atoms with van der Waals surface area (Å²) in [5, 5.41) is 2.57. The van der Waals surface area contributed by atoms with Crippen LogP contribution in [0.15, 0.2) is 78.9 Å². The third-order valence-corrected chi connectivity index (χ3v) is 3.94. The number of hydrogen-bond acceptors (Lipinski definition) is 3. The van der Waals surface area contributed by atoms with Crippen LogP contribution in [0.5, 0.6) is 11.5 Å². The number of rotatable bonds is 7. The minimum atomic E-state index is -4.76. The zero-order valence-electron chi connectivity index (χ0n) is 15.3. The molecule has 3 rings (SSSR count). The third-order valence-electron chi connectivity index (χ3n) is 3.94. The summed E-state index contributed by atoms with van der Waals surface area (Å²) in [5.41, 5.74) is 2.40. The van der Waals surface area contributed by atoms with Crippen molar-refractivity contribution in [2.75, 3.05) is 11.9 Å². The van der Waals surface area contributed by atoms with E-state index in [1.807, 2.05) is 48.5 Å². The molecule has 0 saturated heterocycles. The molecule has 150 valence electrons. The molecule has 0 radical (unpaired) electrons. The summed E-state index contributed by atoms with van der Waals surface area (Å²) in [6.07, 6.45) is -4.09. The summed E-state index contributed by atoms with van der Waals surface area (Å²) in [5.74, 6) is -0.189. The summed E-state index contributed by atoms with van der Waals surface area (Å²) in [6.45, 7) is -0.230. The molecule has 4 nitrogen and oxygen atoms in total. The zero-order chi connectivity index (χ0) is 20.7. The van der Waals surface area contributed by atoms with Crippen molar-refractivity contribution in [3.05, 3.63) is 90.0 Å². The second kappa shape index (κ2) is 9.14. The van der Waals surface area contributed by atoms with E-state index in [9.17, 15) is 18.0 Å². The molecule has 0 bridgehead atoms. The third kappa shape index (κ3) is 6.57. The maximum atomic E-state index is 12.2. The Bertz CT molecular complexity index is 942. The Hall–Kier alpha value is -3.48. The Labute approximate surface area is 165 Å². The monoisotopic (exact) mass is 401 g/mol. The largest absolute Gasteiger partial charge is 0.573 e. The van der Waals surface area contributed by atoms with Crippen LogP contribution in [0.25, 0.3) is 0 Å². The van der Waals surface area contributed by atoms with E-state index >= 15 is 0 Å². The first-order valence-corrected chi connectivity index (χ1v) is 8.79. The Morgan fingerprint density at radius 3 is 2.21 bits per heavy atom. The number of benzene rings is 3. The zero-order valence-corrected chi connectivity index (χ0v) is 15.3. The summed E-state index contributed by atoms with van der Waals surface area (Å²) in [6, 6.07) is 22.2. The van der Waals surface area contributed by atoms with Crippen LogP contribution in [0.3, 0.4) is 0 Å². The van der Waals surface area contributed by atoms with Gasteiger partial charge in [-0.05, 0) is 41.5 Å². The van der Waals surface area contributed by atoms with Gasteiger partial charge in [-0.2, -0.15) is 0 Å². The van der Waals surface area contributed by atoms with E-state index in [2.05, 4.69) is 10.1 Å². The quantitative estimate of drug-likeness (QED) is 0.593. The van der Waals surface area contributed by atoms with Gasteiger partial charge in [-0.3, -0.25) is 4.79 Å². The maximum absolute atomic E-state index is 12.2. The van der Waals surface area contributed by atoms with Crippen LogP contribution in [0.4, 0.5) is 18.9 Å². The highest BCUT2D eigenvalue weighted by molar-refractivity contribution is 5.91. The second-order valence-corrected chi connectivity index (χ2v) is 6.18. The fourth-order valence-corrected chi connectivity index (χ4v) is 2.69. The molecular weight excluding hydrogens is 383 g/mol. The molecular formula is C22H18F3NO3. The number of carbonyl (C=O) groups is 1. The molecule has 0 atom stereocenters. The van der Waals surface area contributed by atoms with Gasteiger partial charge in [-0.1, -0.05) is 48.5 Å². The number of para-hydroxylation sites is 1. The van der Waals surface area contributed by atoms with Crippen LogP contribution in [-0.4, -0.2) is 18.9 Å². The van der Waals surface area contributed by atoms with Crippen molar-refractivity contribution in [1.29, 1.82) is 0 Å². The lowest BCUT2D eigenvalue weighted by Crippen LogP contribution is -2.20. The van der Waals surface area contributed by atoms with Crippen LogP contribution >= 0.6 is 0 Å². The van der Waals surface area contributed by atoms with Gasteiger partial charge >= 0.3 is 6.36 Å². The van der Waals surface area contributed by atoms with Gasteiger partial charge in [0, 0.05) is 12.1 Å². The molecule has 3 aromatic rings. The predicted octanol–water partition coefficient (Wildman–Crippen LogP) is 5.19. The highest BCUT2D eigenvalue weighted by Crippen LogP contribution is 2.24. The van der Waals surface area contributed by atoms with Crippen LogP contribution in [-0.2, 0) is 11.2 Å². The maximum Gasteiger partial charge on any atom is 0.573 e. The van der Waals surface area contributed by atoms with Crippen LogP contribution in [0, 0.1) is 0 Å². The molecule has 0 aliphatic carbocycles.